The second kappa shape index (κ2) is 4.40. The summed E-state index contributed by atoms with van der Waals surface area (Å²) in [5, 5.41) is 10.6. The van der Waals surface area contributed by atoms with E-state index < -0.39 is 21.9 Å². The van der Waals surface area contributed by atoms with Gasteiger partial charge in [0.05, 0.1) is 5.92 Å². The van der Waals surface area contributed by atoms with Crippen LogP contribution in [-0.2, 0) is 14.8 Å². The van der Waals surface area contributed by atoms with Gasteiger partial charge in [-0.1, -0.05) is 0 Å². The van der Waals surface area contributed by atoms with Crippen LogP contribution in [0.5, 0.6) is 0 Å². The van der Waals surface area contributed by atoms with Gasteiger partial charge in [-0.2, -0.15) is 4.31 Å². The molecule has 2 rings (SSSR count). The molecule has 2 heterocycles. The minimum atomic E-state index is -3.50. The second-order valence-electron chi connectivity index (χ2n) is 4.13. The summed E-state index contributed by atoms with van der Waals surface area (Å²) in [5.41, 5.74) is 0.905. The Morgan fingerprint density at radius 1 is 1.59 bits per heavy atom. The van der Waals surface area contributed by atoms with E-state index in [1.54, 1.807) is 11.4 Å². The number of nitrogens with zero attached hydrogens (tertiary/aromatic N) is 1. The highest BCUT2D eigenvalue weighted by molar-refractivity contribution is 7.91. The third-order valence-corrected chi connectivity index (χ3v) is 6.20. The summed E-state index contributed by atoms with van der Waals surface area (Å²) in [7, 11) is -3.50. The summed E-state index contributed by atoms with van der Waals surface area (Å²) in [6, 6.07) is 1.62. The SMILES string of the molecule is Cc1csc(S(=O)(=O)N2CCC(C(=O)O)C2)c1. The predicted octanol–water partition coefficient (Wildman–Crippen LogP) is 1.15. The van der Waals surface area contributed by atoms with Crippen LogP contribution in [0.4, 0.5) is 0 Å². The fourth-order valence-electron chi connectivity index (χ4n) is 1.82. The van der Waals surface area contributed by atoms with E-state index in [1.165, 1.54) is 15.6 Å². The maximum Gasteiger partial charge on any atom is 0.307 e. The smallest absolute Gasteiger partial charge is 0.307 e. The number of carbonyl (C=O) groups is 1. The van der Waals surface area contributed by atoms with E-state index in [1.807, 2.05) is 6.92 Å². The molecule has 1 N–H and O–H groups in total. The fourth-order valence-corrected chi connectivity index (χ4v) is 4.70. The number of rotatable bonds is 3. The van der Waals surface area contributed by atoms with Crippen LogP contribution in [0.25, 0.3) is 0 Å². The first-order valence-corrected chi connectivity index (χ1v) is 7.51. The molecule has 1 unspecified atom stereocenters. The number of aliphatic carboxylic acids is 1. The van der Waals surface area contributed by atoms with Gasteiger partial charge < -0.3 is 5.11 Å². The lowest BCUT2D eigenvalue weighted by Crippen LogP contribution is -2.29. The van der Waals surface area contributed by atoms with Crippen LogP contribution in [0.15, 0.2) is 15.7 Å². The van der Waals surface area contributed by atoms with Gasteiger partial charge >= 0.3 is 5.97 Å². The second-order valence-corrected chi connectivity index (χ2v) is 7.21. The molecule has 0 radical (unpaired) electrons. The predicted molar refractivity (Wildman–Crippen MR) is 63.6 cm³/mol. The first-order chi connectivity index (χ1) is 7.91. The minimum Gasteiger partial charge on any atom is -0.481 e. The van der Waals surface area contributed by atoms with Crippen LogP contribution in [0.3, 0.4) is 0 Å². The molecule has 0 aliphatic carbocycles. The molecule has 17 heavy (non-hydrogen) atoms. The number of thiophene rings is 1. The maximum atomic E-state index is 12.2. The zero-order valence-corrected chi connectivity index (χ0v) is 10.9. The molecule has 0 bridgehead atoms. The number of carboxylic acids is 1. The summed E-state index contributed by atoms with van der Waals surface area (Å²) in [5.74, 6) is -1.50. The van der Waals surface area contributed by atoms with E-state index in [0.29, 0.717) is 10.6 Å². The standard InChI is InChI=1S/C10H13NO4S2/c1-7-4-9(16-6-7)17(14,15)11-3-2-8(5-11)10(12)13/h4,6,8H,2-3,5H2,1H3,(H,12,13). The molecular formula is C10H13NO4S2. The van der Waals surface area contributed by atoms with Gasteiger partial charge in [0.2, 0.25) is 0 Å². The Morgan fingerprint density at radius 3 is 2.76 bits per heavy atom. The molecular weight excluding hydrogens is 262 g/mol. The van der Waals surface area contributed by atoms with E-state index in [-0.39, 0.29) is 13.1 Å². The van der Waals surface area contributed by atoms with Crippen LogP contribution in [0.1, 0.15) is 12.0 Å². The first kappa shape index (κ1) is 12.5. The third kappa shape index (κ3) is 2.36. The van der Waals surface area contributed by atoms with Gasteiger partial charge in [-0.05, 0) is 30.4 Å². The van der Waals surface area contributed by atoms with Gasteiger partial charge in [-0.15, -0.1) is 11.3 Å². The van der Waals surface area contributed by atoms with Crippen LogP contribution in [-0.4, -0.2) is 36.9 Å². The van der Waals surface area contributed by atoms with Crippen molar-refractivity contribution in [2.24, 2.45) is 5.92 Å². The van der Waals surface area contributed by atoms with Gasteiger partial charge in [0.15, 0.2) is 0 Å². The quantitative estimate of drug-likeness (QED) is 0.898. The van der Waals surface area contributed by atoms with Crippen molar-refractivity contribution in [1.29, 1.82) is 0 Å². The van der Waals surface area contributed by atoms with Crippen molar-refractivity contribution in [1.82, 2.24) is 4.31 Å². The first-order valence-electron chi connectivity index (χ1n) is 5.19. The molecule has 0 saturated carbocycles. The van der Waals surface area contributed by atoms with E-state index >= 15 is 0 Å². The van der Waals surface area contributed by atoms with Crippen LogP contribution in [0, 0.1) is 12.8 Å². The van der Waals surface area contributed by atoms with Crippen LogP contribution >= 0.6 is 11.3 Å². The lowest BCUT2D eigenvalue weighted by atomic mass is 10.1. The molecule has 0 aromatic carbocycles. The third-order valence-electron chi connectivity index (χ3n) is 2.80. The fraction of sp³-hybridized carbons (Fsp3) is 0.500. The monoisotopic (exact) mass is 275 g/mol. The lowest BCUT2D eigenvalue weighted by Gasteiger charge is -2.14. The van der Waals surface area contributed by atoms with E-state index in [4.69, 9.17) is 5.11 Å². The Kier molecular flexibility index (Phi) is 3.24. The van der Waals surface area contributed by atoms with Crippen molar-refractivity contribution in [3.05, 3.63) is 17.0 Å². The summed E-state index contributed by atoms with van der Waals surface area (Å²) in [6.45, 7) is 2.20. The Morgan fingerprint density at radius 2 is 2.29 bits per heavy atom. The van der Waals surface area contributed by atoms with Crippen molar-refractivity contribution >= 4 is 27.3 Å². The zero-order valence-electron chi connectivity index (χ0n) is 9.29. The van der Waals surface area contributed by atoms with E-state index in [2.05, 4.69) is 0 Å². The van der Waals surface area contributed by atoms with Crippen molar-refractivity contribution in [3.8, 4) is 0 Å². The number of hydrogen-bond donors (Lipinski definition) is 1. The molecule has 1 saturated heterocycles. The molecule has 1 aliphatic heterocycles. The number of aryl methyl sites for hydroxylation is 1. The van der Waals surface area contributed by atoms with Gasteiger partial charge in [0, 0.05) is 13.1 Å². The number of carboxylic acid groups (broad SMARTS) is 1. The van der Waals surface area contributed by atoms with E-state index in [0.717, 1.165) is 5.56 Å². The molecule has 5 nitrogen and oxygen atoms in total. The maximum absolute atomic E-state index is 12.2. The van der Waals surface area contributed by atoms with Crippen molar-refractivity contribution in [3.63, 3.8) is 0 Å². The van der Waals surface area contributed by atoms with Crippen molar-refractivity contribution < 1.29 is 18.3 Å². The van der Waals surface area contributed by atoms with E-state index in [9.17, 15) is 13.2 Å². The van der Waals surface area contributed by atoms with Gasteiger partial charge in [0.1, 0.15) is 4.21 Å². The molecule has 94 valence electrons. The Hall–Kier alpha value is -0.920. The highest BCUT2D eigenvalue weighted by Crippen LogP contribution is 2.28. The molecule has 7 heteroatoms. The summed E-state index contributed by atoms with van der Waals surface area (Å²) in [4.78, 5) is 10.8. The Balaban J connectivity index is 2.21. The lowest BCUT2D eigenvalue weighted by molar-refractivity contribution is -0.141. The molecule has 0 spiro atoms. The highest BCUT2D eigenvalue weighted by atomic mass is 32.2. The average Bonchev–Trinajstić information content (AvgIpc) is 2.85. The molecule has 1 aromatic heterocycles. The number of hydrogen-bond acceptors (Lipinski definition) is 4. The molecule has 0 amide bonds. The Labute approximate surface area is 104 Å². The molecule has 1 fully saturated rings. The molecule has 1 aromatic rings. The molecule has 1 atom stereocenters. The largest absolute Gasteiger partial charge is 0.481 e. The van der Waals surface area contributed by atoms with Crippen molar-refractivity contribution in [2.75, 3.05) is 13.1 Å². The number of sulfonamides is 1. The summed E-state index contributed by atoms with van der Waals surface area (Å²) < 4.78 is 25.9. The topological polar surface area (TPSA) is 74.7 Å². The van der Waals surface area contributed by atoms with Gasteiger partial charge in [0.25, 0.3) is 10.0 Å². The average molecular weight is 275 g/mol. The summed E-state index contributed by atoms with van der Waals surface area (Å²) in [6.07, 6.45) is 0.388. The van der Waals surface area contributed by atoms with Crippen LogP contribution in [0.2, 0.25) is 0 Å². The highest BCUT2D eigenvalue weighted by Gasteiger charge is 2.36. The van der Waals surface area contributed by atoms with Gasteiger partial charge in [-0.3, -0.25) is 4.79 Å². The summed E-state index contributed by atoms with van der Waals surface area (Å²) >= 11 is 1.18. The Bertz CT molecular complexity index is 534. The normalized spacial score (nSPS) is 21.8. The zero-order chi connectivity index (χ0) is 12.6. The van der Waals surface area contributed by atoms with Crippen LogP contribution < -0.4 is 0 Å². The van der Waals surface area contributed by atoms with Gasteiger partial charge in [-0.25, -0.2) is 8.42 Å². The molecule has 1 aliphatic rings. The van der Waals surface area contributed by atoms with Crippen molar-refractivity contribution in [2.45, 2.75) is 17.6 Å². The minimum absolute atomic E-state index is 0.0780.